The largest absolute Gasteiger partial charge is 0.271 e. The average Bonchev–Trinajstić information content (AvgIpc) is 2.72. The Kier molecular flexibility index (Phi) is 6.72. The zero-order valence-electron chi connectivity index (χ0n) is 16.1. The van der Waals surface area contributed by atoms with Crippen LogP contribution < -0.4 is 5.43 Å². The molecule has 6 nitrogen and oxygen atoms in total. The van der Waals surface area contributed by atoms with E-state index in [0.717, 1.165) is 33.4 Å². The van der Waals surface area contributed by atoms with Gasteiger partial charge in [0, 0.05) is 22.7 Å². The van der Waals surface area contributed by atoms with E-state index in [4.69, 9.17) is 5.26 Å². The fourth-order valence-corrected chi connectivity index (χ4v) is 3.44. The minimum Gasteiger partial charge on any atom is -0.267 e. The molecule has 0 radical (unpaired) electrons. The van der Waals surface area contributed by atoms with Crippen molar-refractivity contribution in [2.24, 2.45) is 5.10 Å². The number of nitrogens with one attached hydrogen (secondary N) is 1. The monoisotopic (exact) mass is 401 g/mol. The number of benzene rings is 2. The van der Waals surface area contributed by atoms with Gasteiger partial charge in [-0.2, -0.15) is 10.4 Å². The number of aromatic nitrogens is 2. The van der Waals surface area contributed by atoms with E-state index in [-0.39, 0.29) is 5.91 Å². The maximum atomic E-state index is 12.2. The zero-order chi connectivity index (χ0) is 20.6. The molecule has 0 aliphatic carbocycles. The molecule has 29 heavy (non-hydrogen) atoms. The van der Waals surface area contributed by atoms with Crippen molar-refractivity contribution >= 4 is 23.9 Å². The van der Waals surface area contributed by atoms with Gasteiger partial charge in [-0.1, -0.05) is 36.0 Å². The smallest absolute Gasteiger partial charge is 0.267 e. The Hall–Kier alpha value is -3.50. The predicted octanol–water partition coefficient (Wildman–Crippen LogP) is 4.02. The maximum absolute atomic E-state index is 12.2. The first kappa shape index (κ1) is 20.2. The summed E-state index contributed by atoms with van der Waals surface area (Å²) in [6, 6.07) is 18.3. The maximum Gasteiger partial charge on any atom is 0.271 e. The first-order valence-corrected chi connectivity index (χ1v) is 9.89. The van der Waals surface area contributed by atoms with Crippen molar-refractivity contribution in [2.75, 3.05) is 0 Å². The third kappa shape index (κ3) is 5.99. The Morgan fingerprint density at radius 1 is 1.10 bits per heavy atom. The lowest BCUT2D eigenvalue weighted by molar-refractivity contribution is 0.0955. The molecule has 1 heterocycles. The van der Waals surface area contributed by atoms with Crippen LogP contribution in [0.3, 0.4) is 0 Å². The third-order valence-corrected chi connectivity index (χ3v) is 4.88. The van der Waals surface area contributed by atoms with Crippen molar-refractivity contribution < 1.29 is 4.79 Å². The van der Waals surface area contributed by atoms with Gasteiger partial charge in [-0.25, -0.2) is 15.4 Å². The van der Waals surface area contributed by atoms with E-state index in [0.29, 0.717) is 11.1 Å². The molecule has 3 aromatic rings. The van der Waals surface area contributed by atoms with Crippen molar-refractivity contribution in [1.82, 2.24) is 15.4 Å². The van der Waals surface area contributed by atoms with E-state index in [1.807, 2.05) is 32.0 Å². The highest BCUT2D eigenvalue weighted by Crippen LogP contribution is 2.20. The summed E-state index contributed by atoms with van der Waals surface area (Å²) in [5.41, 5.74) is 7.39. The Labute approximate surface area is 173 Å². The lowest BCUT2D eigenvalue weighted by atomic mass is 10.1. The van der Waals surface area contributed by atoms with Crippen LogP contribution >= 0.6 is 11.8 Å². The minimum atomic E-state index is -0.285. The number of hydrogen-bond donors (Lipinski definition) is 1. The van der Waals surface area contributed by atoms with Crippen molar-refractivity contribution in [2.45, 2.75) is 24.8 Å². The lowest BCUT2D eigenvalue weighted by Gasteiger charge is -2.05. The number of hydrazone groups is 1. The highest BCUT2D eigenvalue weighted by Gasteiger charge is 2.06. The van der Waals surface area contributed by atoms with Crippen molar-refractivity contribution in [1.29, 1.82) is 5.26 Å². The first-order chi connectivity index (χ1) is 14.0. The highest BCUT2D eigenvalue weighted by molar-refractivity contribution is 7.98. The zero-order valence-corrected chi connectivity index (χ0v) is 16.9. The standard InChI is InChI=1S/C22H19N5OS/c1-15-11-16(2)26-22(25-15)29-14-19-7-9-20(10-8-19)21(28)27-24-13-18-5-3-17(12-23)4-6-18/h3-11,13H,14H2,1-2H3,(H,27,28). The van der Waals surface area contributed by atoms with Crippen molar-refractivity contribution in [3.63, 3.8) is 0 Å². The van der Waals surface area contributed by atoms with Crippen molar-refractivity contribution in [3.05, 3.63) is 88.2 Å². The quantitative estimate of drug-likeness (QED) is 0.291. The molecule has 0 unspecified atom stereocenters. The number of aryl methyl sites for hydroxylation is 2. The fourth-order valence-electron chi connectivity index (χ4n) is 2.53. The molecule has 144 valence electrons. The molecule has 2 aromatic carbocycles. The average molecular weight is 401 g/mol. The summed E-state index contributed by atoms with van der Waals surface area (Å²) in [6.45, 7) is 3.91. The van der Waals surface area contributed by atoms with Crippen LogP contribution in [0.1, 0.15) is 38.4 Å². The molecular weight excluding hydrogens is 382 g/mol. The molecule has 0 fully saturated rings. The lowest BCUT2D eigenvalue weighted by Crippen LogP contribution is -2.17. The molecule has 7 heteroatoms. The highest BCUT2D eigenvalue weighted by atomic mass is 32.2. The molecule has 0 aliphatic heterocycles. The summed E-state index contributed by atoms with van der Waals surface area (Å²) >= 11 is 1.56. The summed E-state index contributed by atoms with van der Waals surface area (Å²) in [7, 11) is 0. The van der Waals surface area contributed by atoms with Gasteiger partial charge in [0.25, 0.3) is 5.91 Å². The number of carbonyl (C=O) groups excluding carboxylic acids is 1. The van der Waals surface area contributed by atoms with Crippen molar-refractivity contribution in [3.8, 4) is 6.07 Å². The topological polar surface area (TPSA) is 91.0 Å². The second kappa shape index (κ2) is 9.62. The third-order valence-electron chi connectivity index (χ3n) is 3.97. The van der Waals surface area contributed by atoms with Crippen LogP contribution in [0.25, 0.3) is 0 Å². The van der Waals surface area contributed by atoms with Gasteiger partial charge in [-0.15, -0.1) is 0 Å². The fraction of sp³-hybridized carbons (Fsp3) is 0.136. The molecule has 1 N–H and O–H groups in total. The number of nitriles is 1. The molecule has 1 amide bonds. The second-order valence-corrected chi connectivity index (χ2v) is 7.29. The van der Waals surface area contributed by atoms with Crippen LogP contribution in [0.5, 0.6) is 0 Å². The number of thioether (sulfide) groups is 1. The van der Waals surface area contributed by atoms with E-state index in [2.05, 4.69) is 26.6 Å². The van der Waals surface area contributed by atoms with Gasteiger partial charge in [-0.05, 0) is 55.3 Å². The van der Waals surface area contributed by atoms with Gasteiger partial charge in [0.05, 0.1) is 17.8 Å². The van der Waals surface area contributed by atoms with E-state index < -0.39 is 0 Å². The summed E-state index contributed by atoms with van der Waals surface area (Å²) in [5, 5.41) is 13.5. The second-order valence-electron chi connectivity index (χ2n) is 6.35. The molecular formula is C22H19N5OS. The van der Waals surface area contributed by atoms with Crippen LogP contribution in [-0.4, -0.2) is 22.1 Å². The number of carbonyl (C=O) groups is 1. The van der Waals surface area contributed by atoms with Crippen LogP contribution in [-0.2, 0) is 5.75 Å². The Bertz CT molecular complexity index is 1050. The predicted molar refractivity (Wildman–Crippen MR) is 114 cm³/mol. The Morgan fingerprint density at radius 3 is 2.38 bits per heavy atom. The summed E-state index contributed by atoms with van der Waals surface area (Å²) in [6.07, 6.45) is 1.54. The Morgan fingerprint density at radius 2 is 1.76 bits per heavy atom. The molecule has 0 aliphatic rings. The molecule has 3 rings (SSSR count). The number of nitrogens with zero attached hydrogens (tertiary/aromatic N) is 4. The van der Waals surface area contributed by atoms with E-state index in [9.17, 15) is 4.79 Å². The minimum absolute atomic E-state index is 0.285. The summed E-state index contributed by atoms with van der Waals surface area (Å²) in [4.78, 5) is 21.0. The van der Waals surface area contributed by atoms with Gasteiger partial charge in [-0.3, -0.25) is 4.79 Å². The van der Waals surface area contributed by atoms with Gasteiger partial charge >= 0.3 is 0 Å². The number of hydrogen-bond acceptors (Lipinski definition) is 6. The summed E-state index contributed by atoms with van der Waals surface area (Å²) < 4.78 is 0. The van der Waals surface area contributed by atoms with Gasteiger partial charge < -0.3 is 0 Å². The van der Waals surface area contributed by atoms with Crippen LogP contribution in [0, 0.1) is 25.2 Å². The van der Waals surface area contributed by atoms with Gasteiger partial charge in [0.15, 0.2) is 5.16 Å². The number of rotatable bonds is 6. The molecule has 1 aromatic heterocycles. The summed E-state index contributed by atoms with van der Waals surface area (Å²) in [5.74, 6) is 0.438. The molecule has 0 atom stereocenters. The van der Waals surface area contributed by atoms with E-state index in [1.54, 1.807) is 48.2 Å². The van der Waals surface area contributed by atoms with Gasteiger partial charge in [0.1, 0.15) is 0 Å². The number of amides is 1. The molecule has 0 saturated heterocycles. The van der Waals surface area contributed by atoms with Gasteiger partial charge in [0.2, 0.25) is 0 Å². The first-order valence-electron chi connectivity index (χ1n) is 8.91. The molecule has 0 spiro atoms. The van der Waals surface area contributed by atoms with Crippen LogP contribution in [0.4, 0.5) is 0 Å². The van der Waals surface area contributed by atoms with E-state index >= 15 is 0 Å². The van der Waals surface area contributed by atoms with Crippen LogP contribution in [0.15, 0.2) is 64.9 Å². The Balaban J connectivity index is 1.54. The normalized spacial score (nSPS) is 10.7. The van der Waals surface area contributed by atoms with Crippen LogP contribution in [0.2, 0.25) is 0 Å². The molecule has 0 bridgehead atoms. The molecule has 0 saturated carbocycles. The van der Waals surface area contributed by atoms with E-state index in [1.165, 1.54) is 6.21 Å². The SMILES string of the molecule is Cc1cc(C)nc(SCc2ccc(C(=O)NN=Cc3ccc(C#N)cc3)cc2)n1.